The van der Waals surface area contributed by atoms with E-state index < -0.39 is 6.10 Å². The molecule has 0 saturated carbocycles. The SMILES string of the molecule is C=C(C)C(=O)OC(CCCCCCCCCCCCCCC)c1ncccc1Cl. The van der Waals surface area contributed by atoms with Crippen molar-refractivity contribution in [2.45, 2.75) is 110 Å². The van der Waals surface area contributed by atoms with E-state index in [9.17, 15) is 4.79 Å². The van der Waals surface area contributed by atoms with Crippen molar-refractivity contribution in [1.82, 2.24) is 4.98 Å². The fraction of sp³-hybridized carbons (Fsp3) is 0.680. The highest BCUT2D eigenvalue weighted by atomic mass is 35.5. The Balaban J connectivity index is 2.19. The summed E-state index contributed by atoms with van der Waals surface area (Å²) in [5.74, 6) is -0.383. The Labute approximate surface area is 183 Å². The van der Waals surface area contributed by atoms with Crippen molar-refractivity contribution < 1.29 is 9.53 Å². The van der Waals surface area contributed by atoms with Crippen LogP contribution in [-0.2, 0) is 9.53 Å². The minimum absolute atomic E-state index is 0.383. The van der Waals surface area contributed by atoms with Crippen molar-refractivity contribution in [2.24, 2.45) is 0 Å². The molecular formula is C25H40ClNO2. The number of nitrogens with zero attached hydrogens (tertiary/aromatic N) is 1. The van der Waals surface area contributed by atoms with Crippen molar-refractivity contribution in [3.63, 3.8) is 0 Å². The summed E-state index contributed by atoms with van der Waals surface area (Å²) in [6.07, 6.45) is 19.1. The fourth-order valence-electron chi connectivity index (χ4n) is 3.46. The molecule has 0 bridgehead atoms. The van der Waals surface area contributed by atoms with Crippen LogP contribution in [0, 0.1) is 0 Å². The third kappa shape index (κ3) is 12.1. The molecule has 0 aliphatic carbocycles. The molecule has 164 valence electrons. The molecule has 0 fully saturated rings. The van der Waals surface area contributed by atoms with Crippen molar-refractivity contribution in [3.8, 4) is 0 Å². The van der Waals surface area contributed by atoms with Gasteiger partial charge in [0, 0.05) is 11.8 Å². The Morgan fingerprint density at radius 2 is 1.52 bits per heavy atom. The Hall–Kier alpha value is -1.35. The molecule has 0 saturated heterocycles. The molecule has 0 aliphatic heterocycles. The maximum Gasteiger partial charge on any atom is 0.333 e. The van der Waals surface area contributed by atoms with E-state index in [0.29, 0.717) is 16.3 Å². The first kappa shape index (κ1) is 25.7. The lowest BCUT2D eigenvalue weighted by Crippen LogP contribution is -2.13. The quantitative estimate of drug-likeness (QED) is 0.144. The van der Waals surface area contributed by atoms with E-state index >= 15 is 0 Å². The van der Waals surface area contributed by atoms with Gasteiger partial charge in [-0.25, -0.2) is 4.79 Å². The van der Waals surface area contributed by atoms with Crippen molar-refractivity contribution in [2.75, 3.05) is 0 Å². The van der Waals surface area contributed by atoms with Gasteiger partial charge in [-0.05, 0) is 31.9 Å². The smallest absolute Gasteiger partial charge is 0.333 e. The zero-order chi connectivity index (χ0) is 21.3. The van der Waals surface area contributed by atoms with Gasteiger partial charge in [0.1, 0.15) is 6.10 Å². The van der Waals surface area contributed by atoms with Crippen LogP contribution in [-0.4, -0.2) is 11.0 Å². The van der Waals surface area contributed by atoms with Gasteiger partial charge in [0.25, 0.3) is 0 Å². The number of carbonyl (C=O) groups is 1. The number of carbonyl (C=O) groups excluding carboxylic acids is 1. The molecule has 1 heterocycles. The lowest BCUT2D eigenvalue weighted by Gasteiger charge is -2.18. The molecule has 1 aromatic heterocycles. The summed E-state index contributed by atoms with van der Waals surface area (Å²) in [6.45, 7) is 7.59. The maximum atomic E-state index is 12.0. The van der Waals surface area contributed by atoms with E-state index in [4.69, 9.17) is 16.3 Å². The van der Waals surface area contributed by atoms with Gasteiger partial charge in [-0.2, -0.15) is 0 Å². The molecule has 0 aliphatic rings. The van der Waals surface area contributed by atoms with Gasteiger partial charge in [0.15, 0.2) is 0 Å². The molecule has 0 N–H and O–H groups in total. The van der Waals surface area contributed by atoms with Crippen LogP contribution in [0.3, 0.4) is 0 Å². The summed E-state index contributed by atoms with van der Waals surface area (Å²) in [7, 11) is 0. The van der Waals surface area contributed by atoms with Crippen LogP contribution in [0.15, 0.2) is 30.5 Å². The number of hydrogen-bond donors (Lipinski definition) is 0. The lowest BCUT2D eigenvalue weighted by molar-refractivity contribution is -0.145. The van der Waals surface area contributed by atoms with Gasteiger partial charge in [-0.15, -0.1) is 0 Å². The monoisotopic (exact) mass is 421 g/mol. The number of rotatable bonds is 17. The first-order chi connectivity index (χ1) is 14.1. The molecule has 1 rings (SSSR count). The predicted molar refractivity (Wildman–Crippen MR) is 123 cm³/mol. The zero-order valence-electron chi connectivity index (χ0n) is 18.6. The summed E-state index contributed by atoms with van der Waals surface area (Å²) in [5.41, 5.74) is 1.04. The summed E-state index contributed by atoms with van der Waals surface area (Å²) >= 11 is 6.26. The maximum absolute atomic E-state index is 12.0. The molecule has 1 aromatic rings. The van der Waals surface area contributed by atoms with Crippen LogP contribution < -0.4 is 0 Å². The fourth-order valence-corrected chi connectivity index (χ4v) is 3.71. The normalized spacial score (nSPS) is 12.0. The molecule has 0 aromatic carbocycles. The van der Waals surface area contributed by atoms with Crippen LogP contribution in [0.1, 0.15) is 116 Å². The molecular weight excluding hydrogens is 382 g/mol. The Morgan fingerprint density at radius 1 is 1.00 bits per heavy atom. The second-order valence-corrected chi connectivity index (χ2v) is 8.48. The zero-order valence-corrected chi connectivity index (χ0v) is 19.3. The highest BCUT2D eigenvalue weighted by Crippen LogP contribution is 2.29. The Bertz CT molecular complexity index is 588. The first-order valence-corrected chi connectivity index (χ1v) is 11.9. The highest BCUT2D eigenvalue weighted by Gasteiger charge is 2.20. The van der Waals surface area contributed by atoms with E-state index in [2.05, 4.69) is 18.5 Å². The number of halogens is 1. The van der Waals surface area contributed by atoms with E-state index in [1.807, 2.05) is 0 Å². The van der Waals surface area contributed by atoms with Crippen molar-refractivity contribution in [3.05, 3.63) is 41.2 Å². The summed E-state index contributed by atoms with van der Waals surface area (Å²) < 4.78 is 5.60. The average molecular weight is 422 g/mol. The molecule has 1 atom stereocenters. The summed E-state index contributed by atoms with van der Waals surface area (Å²) in [5, 5.41) is 0.543. The minimum atomic E-state index is -0.402. The Kier molecular flexibility index (Phi) is 14.6. The highest BCUT2D eigenvalue weighted by molar-refractivity contribution is 6.31. The molecule has 0 radical (unpaired) electrons. The van der Waals surface area contributed by atoms with Gasteiger partial charge >= 0.3 is 5.97 Å². The number of esters is 1. The van der Waals surface area contributed by atoms with E-state index in [1.165, 1.54) is 70.6 Å². The van der Waals surface area contributed by atoms with E-state index in [1.54, 1.807) is 25.3 Å². The van der Waals surface area contributed by atoms with Crippen LogP contribution in [0.5, 0.6) is 0 Å². The number of unbranched alkanes of at least 4 members (excludes halogenated alkanes) is 12. The molecule has 1 unspecified atom stereocenters. The third-order valence-corrected chi connectivity index (χ3v) is 5.58. The number of hydrogen-bond acceptors (Lipinski definition) is 3. The molecule has 3 nitrogen and oxygen atoms in total. The van der Waals surface area contributed by atoms with Crippen molar-refractivity contribution >= 4 is 17.6 Å². The van der Waals surface area contributed by atoms with Crippen molar-refractivity contribution in [1.29, 1.82) is 0 Å². The van der Waals surface area contributed by atoms with Gasteiger partial charge in [0.2, 0.25) is 0 Å². The molecule has 0 spiro atoms. The standard InChI is InChI=1S/C25H40ClNO2/c1-4-5-6-7-8-9-10-11-12-13-14-15-16-19-23(29-25(28)21(2)3)24-22(26)18-17-20-27-24/h17-18,20,23H,2,4-16,19H2,1,3H3. The lowest BCUT2D eigenvalue weighted by atomic mass is 10.0. The summed E-state index contributed by atoms with van der Waals surface area (Å²) in [4.78, 5) is 16.3. The Morgan fingerprint density at radius 3 is 2.00 bits per heavy atom. The van der Waals surface area contributed by atoms with E-state index in [0.717, 1.165) is 19.3 Å². The largest absolute Gasteiger partial charge is 0.452 e. The van der Waals surface area contributed by atoms with Gasteiger partial charge < -0.3 is 4.74 Å². The van der Waals surface area contributed by atoms with Gasteiger partial charge in [0.05, 0.1) is 10.7 Å². The van der Waals surface area contributed by atoms with Crippen LogP contribution in [0.25, 0.3) is 0 Å². The van der Waals surface area contributed by atoms with Gasteiger partial charge in [-0.1, -0.05) is 102 Å². The average Bonchev–Trinajstić information content (AvgIpc) is 2.70. The summed E-state index contributed by atoms with van der Waals surface area (Å²) in [6, 6.07) is 3.57. The van der Waals surface area contributed by atoms with Crippen LogP contribution in [0.4, 0.5) is 0 Å². The molecule has 29 heavy (non-hydrogen) atoms. The molecule has 0 amide bonds. The van der Waals surface area contributed by atoms with Crippen LogP contribution in [0.2, 0.25) is 5.02 Å². The minimum Gasteiger partial charge on any atom is -0.452 e. The van der Waals surface area contributed by atoms with E-state index in [-0.39, 0.29) is 5.97 Å². The van der Waals surface area contributed by atoms with Gasteiger partial charge in [-0.3, -0.25) is 4.98 Å². The van der Waals surface area contributed by atoms with Crippen LogP contribution >= 0.6 is 11.6 Å². The number of aromatic nitrogens is 1. The predicted octanol–water partition coefficient (Wildman–Crippen LogP) is 8.38. The molecule has 4 heteroatoms. The first-order valence-electron chi connectivity index (χ1n) is 11.5. The topological polar surface area (TPSA) is 39.2 Å². The second kappa shape index (κ2) is 16.4. The number of ether oxygens (including phenoxy) is 1. The second-order valence-electron chi connectivity index (χ2n) is 8.08. The number of pyridine rings is 1. The third-order valence-electron chi connectivity index (χ3n) is 5.26.